The molecule has 0 radical (unpaired) electrons. The highest BCUT2D eigenvalue weighted by Crippen LogP contribution is 2.59. The number of hydrogen-bond donors (Lipinski definition) is 1. The maximum absolute atomic E-state index is 14.0. The molecular formula is C26H40N2O6. The third-order valence-corrected chi connectivity index (χ3v) is 7.57. The molecule has 6 atom stereocenters. The van der Waals surface area contributed by atoms with Gasteiger partial charge in [-0.1, -0.05) is 39.3 Å². The molecule has 3 saturated heterocycles. The molecule has 8 nitrogen and oxygen atoms in total. The number of esters is 1. The number of ether oxygens (including phenoxy) is 2. The first kappa shape index (κ1) is 26.4. The number of carbonyl (C=O) groups is 3. The van der Waals surface area contributed by atoms with Gasteiger partial charge in [0.1, 0.15) is 11.6 Å². The molecule has 3 heterocycles. The third-order valence-electron chi connectivity index (χ3n) is 7.57. The van der Waals surface area contributed by atoms with E-state index in [2.05, 4.69) is 20.1 Å². The van der Waals surface area contributed by atoms with Gasteiger partial charge in [0, 0.05) is 13.1 Å². The monoisotopic (exact) mass is 476 g/mol. The predicted molar refractivity (Wildman–Crippen MR) is 128 cm³/mol. The van der Waals surface area contributed by atoms with Crippen molar-refractivity contribution in [3.8, 4) is 0 Å². The van der Waals surface area contributed by atoms with Crippen molar-refractivity contribution in [2.45, 2.75) is 76.7 Å². The van der Waals surface area contributed by atoms with Crippen molar-refractivity contribution in [2.24, 2.45) is 17.8 Å². The average Bonchev–Trinajstić information content (AvgIpc) is 3.44. The van der Waals surface area contributed by atoms with Crippen LogP contribution in [0, 0.1) is 17.8 Å². The lowest BCUT2D eigenvalue weighted by Gasteiger charge is -2.40. The van der Waals surface area contributed by atoms with Gasteiger partial charge in [-0.05, 0) is 31.6 Å². The summed E-state index contributed by atoms with van der Waals surface area (Å²) in [4.78, 5) is 44.3. The number of nitrogens with zero attached hydrogens (tertiary/aromatic N) is 2. The fourth-order valence-electron chi connectivity index (χ4n) is 5.92. The molecule has 0 aliphatic carbocycles. The zero-order valence-electron chi connectivity index (χ0n) is 20.8. The van der Waals surface area contributed by atoms with Gasteiger partial charge in [-0.15, -0.1) is 13.2 Å². The van der Waals surface area contributed by atoms with Crippen molar-refractivity contribution in [3.05, 3.63) is 25.3 Å². The number of amides is 2. The molecule has 3 rings (SSSR count). The summed E-state index contributed by atoms with van der Waals surface area (Å²) in [5.74, 6) is -2.59. The summed E-state index contributed by atoms with van der Waals surface area (Å²) in [6.07, 6.45) is 6.28. The highest BCUT2D eigenvalue weighted by molar-refractivity contribution is 5.98. The molecular weight excluding hydrogens is 436 g/mol. The summed E-state index contributed by atoms with van der Waals surface area (Å²) < 4.78 is 11.9. The van der Waals surface area contributed by atoms with Gasteiger partial charge in [0.25, 0.3) is 0 Å². The van der Waals surface area contributed by atoms with Gasteiger partial charge in [-0.2, -0.15) is 0 Å². The number of carbonyl (C=O) groups excluding carboxylic acids is 3. The Labute approximate surface area is 202 Å². The quantitative estimate of drug-likeness (QED) is 0.249. The van der Waals surface area contributed by atoms with Crippen molar-refractivity contribution in [2.75, 3.05) is 26.3 Å². The van der Waals surface area contributed by atoms with E-state index >= 15 is 0 Å². The van der Waals surface area contributed by atoms with Crippen molar-refractivity contribution >= 4 is 17.8 Å². The van der Waals surface area contributed by atoms with E-state index in [-0.39, 0.29) is 30.9 Å². The Hall–Kier alpha value is -2.19. The molecule has 3 fully saturated rings. The molecule has 8 heteroatoms. The number of likely N-dealkylation sites (tertiary alicyclic amines) is 1. The Bertz CT molecular complexity index is 798. The van der Waals surface area contributed by atoms with Crippen LogP contribution in [-0.2, 0) is 23.9 Å². The fraction of sp³-hybridized carbons (Fsp3) is 0.731. The van der Waals surface area contributed by atoms with Crippen molar-refractivity contribution in [1.29, 1.82) is 0 Å². The summed E-state index contributed by atoms with van der Waals surface area (Å²) in [5, 5.41) is 10.2. The SMILES string of the molecule is C=CCCOC(=O)[C@@H]1[C@H]2C(=O)N([C@@H](CO)C(C)C)C(C(=O)N(CC=C)CCCC)C23CC[C@H]1O3. The Morgan fingerprint density at radius 1 is 1.35 bits per heavy atom. The van der Waals surface area contributed by atoms with Crippen molar-refractivity contribution in [3.63, 3.8) is 0 Å². The Morgan fingerprint density at radius 3 is 2.68 bits per heavy atom. The molecule has 1 N–H and O–H groups in total. The number of aliphatic hydroxyl groups is 1. The van der Waals surface area contributed by atoms with Gasteiger partial charge in [0.2, 0.25) is 11.8 Å². The molecule has 0 aromatic rings. The third kappa shape index (κ3) is 4.42. The lowest BCUT2D eigenvalue weighted by molar-refractivity contribution is -0.157. The summed E-state index contributed by atoms with van der Waals surface area (Å²) in [5.41, 5.74) is -1.09. The lowest BCUT2D eigenvalue weighted by Crippen LogP contribution is -2.59. The summed E-state index contributed by atoms with van der Waals surface area (Å²) in [6, 6.07) is -1.45. The van der Waals surface area contributed by atoms with E-state index in [0.29, 0.717) is 32.4 Å². The van der Waals surface area contributed by atoms with Crippen molar-refractivity contribution < 1.29 is 29.0 Å². The maximum atomic E-state index is 14.0. The minimum absolute atomic E-state index is 0.0850. The Kier molecular flexibility index (Phi) is 8.57. The first-order valence-electron chi connectivity index (χ1n) is 12.6. The highest BCUT2D eigenvalue weighted by atomic mass is 16.6. The fourth-order valence-corrected chi connectivity index (χ4v) is 5.92. The molecule has 0 aromatic carbocycles. The van der Waals surface area contributed by atoms with Gasteiger partial charge >= 0.3 is 5.97 Å². The Balaban J connectivity index is 2.03. The van der Waals surface area contributed by atoms with Crippen LogP contribution < -0.4 is 0 Å². The Morgan fingerprint density at radius 2 is 2.09 bits per heavy atom. The molecule has 3 aliphatic rings. The lowest BCUT2D eigenvalue weighted by atomic mass is 9.70. The number of fused-ring (bicyclic) bond motifs is 1. The van der Waals surface area contributed by atoms with Gasteiger partial charge in [-0.3, -0.25) is 14.4 Å². The van der Waals surface area contributed by atoms with E-state index in [0.717, 1.165) is 12.8 Å². The normalized spacial score (nSPS) is 30.4. The van der Waals surface area contributed by atoms with E-state index in [1.54, 1.807) is 17.1 Å². The molecule has 1 spiro atoms. The standard InChI is InChI=1S/C26H40N2O6/c1-6-9-14-27(13-8-3)24(31)22-26-12-11-19(34-26)20(25(32)33-15-10-7-2)21(26)23(30)28(22)18(16-29)17(4)5/h7-8,17-22,29H,2-3,6,9-16H2,1,4-5H3/t18-,19+,20-,21-,22?,26?/m0/s1. The van der Waals surface area contributed by atoms with Crippen LogP contribution in [0.3, 0.4) is 0 Å². The number of unbranched alkanes of at least 4 members (excludes halogenated alkanes) is 1. The van der Waals surface area contributed by atoms with Crippen LogP contribution in [0.25, 0.3) is 0 Å². The topological polar surface area (TPSA) is 96.4 Å². The number of aliphatic hydroxyl groups excluding tert-OH is 1. The van der Waals surface area contributed by atoms with Crippen molar-refractivity contribution in [1.82, 2.24) is 9.80 Å². The van der Waals surface area contributed by atoms with E-state index in [1.165, 1.54) is 4.90 Å². The molecule has 3 aliphatic heterocycles. The van der Waals surface area contributed by atoms with Crippen LogP contribution in [0.5, 0.6) is 0 Å². The zero-order chi connectivity index (χ0) is 25.0. The second-order valence-electron chi connectivity index (χ2n) is 9.97. The van der Waals surface area contributed by atoms with E-state index in [4.69, 9.17) is 9.47 Å². The van der Waals surface area contributed by atoms with Crippen LogP contribution in [0.4, 0.5) is 0 Å². The predicted octanol–water partition coefficient (Wildman–Crippen LogP) is 2.31. The number of rotatable bonds is 13. The molecule has 34 heavy (non-hydrogen) atoms. The first-order valence-corrected chi connectivity index (χ1v) is 12.6. The van der Waals surface area contributed by atoms with E-state index in [9.17, 15) is 19.5 Å². The minimum Gasteiger partial charge on any atom is -0.465 e. The molecule has 2 amide bonds. The number of hydrogen-bond acceptors (Lipinski definition) is 6. The molecule has 0 saturated carbocycles. The summed E-state index contributed by atoms with van der Waals surface area (Å²) in [7, 11) is 0. The summed E-state index contributed by atoms with van der Waals surface area (Å²) in [6.45, 7) is 14.2. The van der Waals surface area contributed by atoms with Crippen LogP contribution in [0.1, 0.15) is 52.9 Å². The largest absolute Gasteiger partial charge is 0.465 e. The maximum Gasteiger partial charge on any atom is 0.312 e. The minimum atomic E-state index is -1.09. The smallest absolute Gasteiger partial charge is 0.312 e. The summed E-state index contributed by atoms with van der Waals surface area (Å²) >= 11 is 0. The van der Waals surface area contributed by atoms with Crippen LogP contribution in [0.2, 0.25) is 0 Å². The van der Waals surface area contributed by atoms with Crippen LogP contribution in [0.15, 0.2) is 25.3 Å². The van der Waals surface area contributed by atoms with Gasteiger partial charge in [0.05, 0.1) is 37.2 Å². The highest BCUT2D eigenvalue weighted by Gasteiger charge is 2.75. The second kappa shape index (κ2) is 11.0. The molecule has 2 unspecified atom stereocenters. The van der Waals surface area contributed by atoms with E-state index < -0.39 is 41.6 Å². The first-order chi connectivity index (χ1) is 16.3. The molecule has 2 bridgehead atoms. The second-order valence-corrected chi connectivity index (χ2v) is 9.97. The molecule has 190 valence electrons. The van der Waals surface area contributed by atoms with E-state index in [1.807, 2.05) is 13.8 Å². The van der Waals surface area contributed by atoms with Crippen LogP contribution in [-0.4, -0.2) is 82.8 Å². The van der Waals surface area contributed by atoms with Gasteiger partial charge in [-0.25, -0.2) is 0 Å². The van der Waals surface area contributed by atoms with Crippen LogP contribution >= 0.6 is 0 Å². The zero-order valence-corrected chi connectivity index (χ0v) is 20.8. The average molecular weight is 477 g/mol. The molecule has 0 aromatic heterocycles. The van der Waals surface area contributed by atoms with Gasteiger partial charge in [0.15, 0.2) is 0 Å². The van der Waals surface area contributed by atoms with Gasteiger partial charge < -0.3 is 24.4 Å².